The van der Waals surface area contributed by atoms with Crippen LogP contribution in [0, 0.1) is 0 Å². The normalized spacial score (nSPS) is 20.1. The maximum atomic E-state index is 13.7. The number of nitrogens with two attached hydrogens (primary N) is 1. The second kappa shape index (κ2) is 3.98. The molecule has 0 aliphatic heterocycles. The maximum Gasteiger partial charge on any atom is 0.416 e. The predicted octanol–water partition coefficient (Wildman–Crippen LogP) is 3.08. The molecule has 1 aromatic rings. The van der Waals surface area contributed by atoms with E-state index in [1.165, 1.54) is 12.1 Å². The van der Waals surface area contributed by atoms with Crippen molar-refractivity contribution >= 4 is 0 Å². The minimum absolute atomic E-state index is 0.0551. The summed E-state index contributed by atoms with van der Waals surface area (Å²) >= 11 is 0. The average molecular weight is 247 g/mol. The van der Waals surface area contributed by atoms with E-state index in [1.807, 2.05) is 0 Å². The summed E-state index contributed by atoms with van der Waals surface area (Å²) in [5, 5.41) is 0. The van der Waals surface area contributed by atoms with Gasteiger partial charge in [0, 0.05) is 12.0 Å². The predicted molar refractivity (Wildman–Crippen MR) is 56.2 cm³/mol. The summed E-state index contributed by atoms with van der Waals surface area (Å²) < 4.78 is 51.0. The Kier molecular flexibility index (Phi) is 2.89. The van der Waals surface area contributed by atoms with Crippen molar-refractivity contribution in [3.63, 3.8) is 0 Å². The van der Waals surface area contributed by atoms with Crippen LogP contribution in [0.5, 0.6) is 0 Å². The van der Waals surface area contributed by atoms with Crippen LogP contribution in [0.2, 0.25) is 0 Å². The van der Waals surface area contributed by atoms with Gasteiger partial charge in [-0.2, -0.15) is 13.2 Å². The molecule has 1 saturated carbocycles. The Morgan fingerprint density at radius 1 is 1.29 bits per heavy atom. The van der Waals surface area contributed by atoms with E-state index >= 15 is 0 Å². The topological polar surface area (TPSA) is 26.0 Å². The highest BCUT2D eigenvalue weighted by molar-refractivity contribution is 5.27. The monoisotopic (exact) mass is 247 g/mol. The van der Waals surface area contributed by atoms with E-state index in [1.54, 1.807) is 0 Å². The van der Waals surface area contributed by atoms with E-state index in [0.717, 1.165) is 12.1 Å². The molecule has 5 heteroatoms. The number of rotatable bonds is 3. The molecule has 0 aromatic heterocycles. The molecule has 0 radical (unpaired) electrons. The lowest BCUT2D eigenvalue weighted by atomic mass is 10.0. The van der Waals surface area contributed by atoms with Crippen LogP contribution in [-0.4, -0.2) is 11.7 Å². The summed E-state index contributed by atoms with van der Waals surface area (Å²) in [6.45, 7) is 0. The molecule has 0 amide bonds. The molecule has 1 atom stereocenters. The zero-order chi connectivity index (χ0) is 12.7. The lowest BCUT2D eigenvalue weighted by Gasteiger charge is -2.16. The van der Waals surface area contributed by atoms with Crippen molar-refractivity contribution in [1.82, 2.24) is 0 Å². The van der Waals surface area contributed by atoms with Crippen LogP contribution in [0.1, 0.15) is 24.0 Å². The minimum atomic E-state index is -4.39. The second-order valence-corrected chi connectivity index (χ2v) is 4.60. The van der Waals surface area contributed by atoms with Gasteiger partial charge >= 0.3 is 6.18 Å². The van der Waals surface area contributed by atoms with Gasteiger partial charge in [-0.15, -0.1) is 0 Å². The molecule has 2 rings (SSSR count). The van der Waals surface area contributed by atoms with Gasteiger partial charge in [-0.1, -0.05) is 18.2 Å². The van der Waals surface area contributed by atoms with Crippen molar-refractivity contribution in [3.05, 3.63) is 35.4 Å². The van der Waals surface area contributed by atoms with Crippen LogP contribution in [0.25, 0.3) is 0 Å². The Balaban J connectivity index is 2.11. The van der Waals surface area contributed by atoms with E-state index < -0.39 is 23.5 Å². The van der Waals surface area contributed by atoms with Gasteiger partial charge in [0.2, 0.25) is 0 Å². The highest BCUT2D eigenvalue weighted by atomic mass is 19.4. The first-order chi connectivity index (χ1) is 7.81. The molecular weight excluding hydrogens is 234 g/mol. The lowest BCUT2D eigenvalue weighted by molar-refractivity contribution is -0.137. The molecule has 94 valence electrons. The first-order valence-corrected chi connectivity index (χ1v) is 5.40. The Labute approximate surface area is 96.6 Å². The Bertz CT molecular complexity index is 409. The summed E-state index contributed by atoms with van der Waals surface area (Å²) in [7, 11) is 0. The third kappa shape index (κ3) is 2.77. The summed E-state index contributed by atoms with van der Waals surface area (Å²) in [5.41, 5.74) is 4.44. The van der Waals surface area contributed by atoms with Crippen LogP contribution in [0.3, 0.4) is 0 Å². The van der Waals surface area contributed by atoms with Crippen LogP contribution < -0.4 is 5.73 Å². The third-order valence-corrected chi connectivity index (χ3v) is 3.12. The van der Waals surface area contributed by atoms with Crippen LogP contribution in [-0.2, 0) is 12.6 Å². The standard InChI is InChI=1S/C12H13F4N/c13-10(11(17)4-5-11)7-8-2-1-3-9(6-8)12(14,15)16/h1-3,6,10H,4-5,7,17H2. The van der Waals surface area contributed by atoms with E-state index in [4.69, 9.17) is 5.73 Å². The Morgan fingerprint density at radius 2 is 1.94 bits per heavy atom. The molecule has 1 aromatic carbocycles. The first-order valence-electron chi connectivity index (χ1n) is 5.40. The van der Waals surface area contributed by atoms with Gasteiger partial charge in [-0.25, -0.2) is 4.39 Å². The fraction of sp³-hybridized carbons (Fsp3) is 0.500. The highest BCUT2D eigenvalue weighted by Gasteiger charge is 2.46. The van der Waals surface area contributed by atoms with E-state index in [9.17, 15) is 17.6 Å². The number of hydrogen-bond donors (Lipinski definition) is 1. The summed E-state index contributed by atoms with van der Waals surface area (Å²) in [4.78, 5) is 0. The molecule has 1 unspecified atom stereocenters. The number of benzene rings is 1. The molecule has 1 aliphatic carbocycles. The number of hydrogen-bond acceptors (Lipinski definition) is 1. The smallest absolute Gasteiger partial charge is 0.323 e. The van der Waals surface area contributed by atoms with Crippen molar-refractivity contribution in [2.75, 3.05) is 0 Å². The summed E-state index contributed by atoms with van der Waals surface area (Å²) in [6.07, 6.45) is -4.51. The van der Waals surface area contributed by atoms with Gasteiger partial charge in [0.25, 0.3) is 0 Å². The SMILES string of the molecule is NC1(C(F)Cc2cccc(C(F)(F)F)c2)CC1. The molecule has 1 aliphatic rings. The molecule has 0 spiro atoms. The highest BCUT2D eigenvalue weighted by Crippen LogP contribution is 2.39. The van der Waals surface area contributed by atoms with Crippen molar-refractivity contribution in [3.8, 4) is 0 Å². The van der Waals surface area contributed by atoms with Gasteiger partial charge in [0.15, 0.2) is 0 Å². The molecule has 1 nitrogen and oxygen atoms in total. The van der Waals surface area contributed by atoms with Crippen molar-refractivity contribution in [2.45, 2.75) is 37.1 Å². The maximum absolute atomic E-state index is 13.7. The molecule has 0 heterocycles. The van der Waals surface area contributed by atoms with Crippen molar-refractivity contribution in [2.24, 2.45) is 5.73 Å². The second-order valence-electron chi connectivity index (χ2n) is 4.60. The Hall–Kier alpha value is -1.10. The van der Waals surface area contributed by atoms with Gasteiger partial charge < -0.3 is 5.73 Å². The van der Waals surface area contributed by atoms with Gasteiger partial charge in [0.1, 0.15) is 6.17 Å². The summed E-state index contributed by atoms with van der Waals surface area (Å²) in [5.74, 6) is 0. The number of halogens is 4. The van der Waals surface area contributed by atoms with Gasteiger partial charge in [0.05, 0.1) is 5.56 Å². The molecule has 0 saturated heterocycles. The van der Waals surface area contributed by atoms with E-state index in [-0.39, 0.29) is 6.42 Å². The molecule has 2 N–H and O–H groups in total. The molecular formula is C12H13F4N. The zero-order valence-electron chi connectivity index (χ0n) is 9.10. The first kappa shape index (κ1) is 12.4. The lowest BCUT2D eigenvalue weighted by Crippen LogP contribution is -2.35. The molecule has 1 fully saturated rings. The van der Waals surface area contributed by atoms with Crippen LogP contribution >= 0.6 is 0 Å². The van der Waals surface area contributed by atoms with Crippen molar-refractivity contribution in [1.29, 1.82) is 0 Å². The van der Waals surface area contributed by atoms with Crippen LogP contribution in [0.4, 0.5) is 17.6 Å². The summed E-state index contributed by atoms with van der Waals surface area (Å²) in [6, 6.07) is 4.75. The van der Waals surface area contributed by atoms with E-state index in [0.29, 0.717) is 18.4 Å². The van der Waals surface area contributed by atoms with Gasteiger partial charge in [-0.3, -0.25) is 0 Å². The number of alkyl halides is 4. The van der Waals surface area contributed by atoms with Crippen molar-refractivity contribution < 1.29 is 17.6 Å². The largest absolute Gasteiger partial charge is 0.416 e. The molecule has 0 bridgehead atoms. The zero-order valence-corrected chi connectivity index (χ0v) is 9.10. The molecule has 17 heavy (non-hydrogen) atoms. The third-order valence-electron chi connectivity index (χ3n) is 3.12. The minimum Gasteiger partial charge on any atom is -0.323 e. The fourth-order valence-electron chi connectivity index (χ4n) is 1.74. The van der Waals surface area contributed by atoms with E-state index in [2.05, 4.69) is 0 Å². The van der Waals surface area contributed by atoms with Crippen LogP contribution in [0.15, 0.2) is 24.3 Å². The fourth-order valence-corrected chi connectivity index (χ4v) is 1.74. The average Bonchev–Trinajstić information content (AvgIpc) is 2.97. The Morgan fingerprint density at radius 3 is 2.47 bits per heavy atom. The quantitative estimate of drug-likeness (QED) is 0.816. The van der Waals surface area contributed by atoms with Gasteiger partial charge in [-0.05, 0) is 24.5 Å².